The fraction of sp³-hybridized carbons (Fsp3) is 0.250. The molecule has 0 fully saturated rings. The maximum Gasteiger partial charge on any atom is 0.0772 e. The second kappa shape index (κ2) is 11.0. The minimum Gasteiger partial charge on any atom is -0.340 e. The number of unbranched alkanes of at least 4 members (excludes halogenated alkanes) is 1. The highest BCUT2D eigenvalue weighted by molar-refractivity contribution is 7.10. The number of benzene rings is 2. The van der Waals surface area contributed by atoms with Crippen LogP contribution in [-0.2, 0) is 6.54 Å². The maximum absolute atomic E-state index is 3.38. The Balaban J connectivity index is 1.61. The molecule has 2 aromatic carbocycles. The molecule has 5 rings (SSSR count). The number of rotatable bonds is 6. The number of fused-ring (bicyclic) bond motifs is 3. The summed E-state index contributed by atoms with van der Waals surface area (Å²) in [5.41, 5.74) is 4.69. The van der Waals surface area contributed by atoms with Crippen LogP contribution in [0, 0.1) is 29.6 Å². The van der Waals surface area contributed by atoms with Crippen LogP contribution in [0.2, 0.25) is 0 Å². The van der Waals surface area contributed by atoms with Crippen LogP contribution in [0.15, 0.2) is 71.4 Å². The molecule has 0 N–H and O–H groups in total. The van der Waals surface area contributed by atoms with Gasteiger partial charge in [-0.05, 0) is 71.6 Å². The molecule has 3 aromatic heterocycles. The van der Waals surface area contributed by atoms with E-state index in [0.29, 0.717) is 5.92 Å². The molecule has 0 amide bonds. The average Bonchev–Trinajstić information content (AvgIpc) is 3.65. The van der Waals surface area contributed by atoms with E-state index in [4.69, 9.17) is 0 Å². The SMILES string of the molecule is CCCCC(CC)Cn1c2ccc(C#Cc3cccs3)cc2c2cc(C#Cc3cccs3)ccc21. The van der Waals surface area contributed by atoms with Gasteiger partial charge in [0, 0.05) is 39.5 Å². The fourth-order valence-corrected chi connectivity index (χ4v) is 5.74. The van der Waals surface area contributed by atoms with E-state index in [2.05, 4.69) is 101 Å². The first-order valence-corrected chi connectivity index (χ1v) is 14.2. The Bertz CT molecular complexity index is 1440. The molecule has 0 aliphatic rings. The Morgan fingerprint density at radius 1 is 0.743 bits per heavy atom. The zero-order valence-corrected chi connectivity index (χ0v) is 21.9. The first-order chi connectivity index (χ1) is 17.2. The van der Waals surface area contributed by atoms with E-state index in [1.54, 1.807) is 22.7 Å². The van der Waals surface area contributed by atoms with E-state index in [9.17, 15) is 0 Å². The summed E-state index contributed by atoms with van der Waals surface area (Å²) in [5.74, 6) is 14.1. The molecule has 1 nitrogen and oxygen atoms in total. The van der Waals surface area contributed by atoms with Crippen molar-refractivity contribution in [3.63, 3.8) is 0 Å². The molecule has 1 atom stereocenters. The summed E-state index contributed by atoms with van der Waals surface area (Å²) < 4.78 is 2.53. The average molecular weight is 492 g/mol. The summed E-state index contributed by atoms with van der Waals surface area (Å²) in [7, 11) is 0. The highest BCUT2D eigenvalue weighted by Gasteiger charge is 2.15. The van der Waals surface area contributed by atoms with E-state index in [-0.39, 0.29) is 0 Å². The smallest absolute Gasteiger partial charge is 0.0772 e. The Morgan fingerprint density at radius 2 is 1.31 bits per heavy atom. The third kappa shape index (κ3) is 5.38. The van der Waals surface area contributed by atoms with Crippen molar-refractivity contribution in [2.24, 2.45) is 5.92 Å². The van der Waals surface area contributed by atoms with Gasteiger partial charge < -0.3 is 4.57 Å². The number of aromatic nitrogens is 1. The lowest BCUT2D eigenvalue weighted by atomic mass is 9.99. The fourth-order valence-electron chi connectivity index (χ4n) is 4.60. The van der Waals surface area contributed by atoms with Crippen molar-refractivity contribution in [2.75, 3.05) is 0 Å². The van der Waals surface area contributed by atoms with Crippen LogP contribution in [-0.4, -0.2) is 4.57 Å². The van der Waals surface area contributed by atoms with Crippen LogP contribution in [0.5, 0.6) is 0 Å². The van der Waals surface area contributed by atoms with Gasteiger partial charge in [0.05, 0.1) is 9.75 Å². The minimum atomic E-state index is 0.686. The number of hydrogen-bond donors (Lipinski definition) is 0. The van der Waals surface area contributed by atoms with E-state index in [0.717, 1.165) is 27.4 Å². The molecule has 0 bridgehead atoms. The van der Waals surface area contributed by atoms with Gasteiger partial charge in [-0.25, -0.2) is 0 Å². The van der Waals surface area contributed by atoms with Crippen LogP contribution in [0.25, 0.3) is 21.8 Å². The van der Waals surface area contributed by atoms with E-state index in [1.165, 1.54) is 47.5 Å². The molecular formula is C32H29NS2. The predicted molar refractivity (Wildman–Crippen MR) is 153 cm³/mol. The van der Waals surface area contributed by atoms with Crippen LogP contribution < -0.4 is 0 Å². The van der Waals surface area contributed by atoms with E-state index in [1.807, 2.05) is 12.1 Å². The third-order valence-corrected chi connectivity index (χ3v) is 8.12. The summed E-state index contributed by atoms with van der Waals surface area (Å²) in [5, 5.41) is 6.68. The topological polar surface area (TPSA) is 4.93 Å². The van der Waals surface area contributed by atoms with Crippen molar-refractivity contribution in [2.45, 2.75) is 46.1 Å². The molecule has 0 saturated carbocycles. The number of nitrogens with zero attached hydrogens (tertiary/aromatic N) is 1. The van der Waals surface area contributed by atoms with Crippen molar-refractivity contribution in [3.05, 3.63) is 92.3 Å². The molecule has 5 aromatic rings. The zero-order chi connectivity index (χ0) is 24.0. The van der Waals surface area contributed by atoms with Crippen molar-refractivity contribution >= 4 is 44.5 Å². The second-order valence-electron chi connectivity index (χ2n) is 8.95. The van der Waals surface area contributed by atoms with Gasteiger partial charge >= 0.3 is 0 Å². The Morgan fingerprint density at radius 3 is 1.77 bits per heavy atom. The number of hydrogen-bond acceptors (Lipinski definition) is 2. The molecule has 0 saturated heterocycles. The summed E-state index contributed by atoms with van der Waals surface area (Å²) in [6, 6.07) is 21.6. The van der Waals surface area contributed by atoms with Gasteiger partial charge in [-0.15, -0.1) is 22.7 Å². The van der Waals surface area contributed by atoms with E-state index >= 15 is 0 Å². The van der Waals surface area contributed by atoms with Crippen LogP contribution >= 0.6 is 22.7 Å². The van der Waals surface area contributed by atoms with Gasteiger partial charge in [0.2, 0.25) is 0 Å². The molecule has 35 heavy (non-hydrogen) atoms. The number of thiophene rings is 2. The van der Waals surface area contributed by atoms with Gasteiger partial charge in [-0.1, -0.05) is 68.9 Å². The zero-order valence-electron chi connectivity index (χ0n) is 20.3. The van der Waals surface area contributed by atoms with Gasteiger partial charge in [0.25, 0.3) is 0 Å². The van der Waals surface area contributed by atoms with Crippen LogP contribution in [0.3, 0.4) is 0 Å². The summed E-state index contributed by atoms with van der Waals surface area (Å²) in [6.45, 7) is 5.66. The summed E-state index contributed by atoms with van der Waals surface area (Å²) in [4.78, 5) is 2.20. The van der Waals surface area contributed by atoms with Crippen molar-refractivity contribution < 1.29 is 0 Å². The van der Waals surface area contributed by atoms with Gasteiger partial charge in [0.15, 0.2) is 0 Å². The minimum absolute atomic E-state index is 0.686. The highest BCUT2D eigenvalue weighted by Crippen LogP contribution is 2.32. The molecule has 0 spiro atoms. The monoisotopic (exact) mass is 491 g/mol. The second-order valence-corrected chi connectivity index (χ2v) is 10.8. The lowest BCUT2D eigenvalue weighted by Gasteiger charge is -2.17. The standard InChI is InChI=1S/C32H29NS2/c1-3-5-8-24(4-2)23-33-31-17-13-25(11-15-27-9-6-19-34-27)21-29(31)30-22-26(14-18-32(30)33)12-16-28-10-7-20-35-28/h6-7,9-10,13-14,17-22,24H,3-5,8,23H2,1-2H3. The molecule has 174 valence electrons. The largest absolute Gasteiger partial charge is 0.340 e. The maximum atomic E-state index is 3.38. The summed E-state index contributed by atoms with van der Waals surface area (Å²) >= 11 is 3.36. The Kier molecular flexibility index (Phi) is 7.39. The quantitative estimate of drug-likeness (QED) is 0.209. The molecular weight excluding hydrogens is 462 g/mol. The van der Waals surface area contributed by atoms with Crippen molar-refractivity contribution in [3.8, 4) is 23.7 Å². The van der Waals surface area contributed by atoms with Gasteiger partial charge in [-0.2, -0.15) is 0 Å². The molecule has 3 heterocycles. The molecule has 3 heteroatoms. The van der Waals surface area contributed by atoms with E-state index < -0.39 is 0 Å². The molecule has 1 unspecified atom stereocenters. The molecule has 0 aliphatic heterocycles. The molecule has 0 aliphatic carbocycles. The summed E-state index contributed by atoms with van der Waals surface area (Å²) in [6.07, 6.45) is 5.03. The van der Waals surface area contributed by atoms with Crippen molar-refractivity contribution in [1.29, 1.82) is 0 Å². The normalized spacial score (nSPS) is 11.7. The first-order valence-electron chi connectivity index (χ1n) is 12.4. The molecule has 0 radical (unpaired) electrons. The highest BCUT2D eigenvalue weighted by atomic mass is 32.1. The predicted octanol–water partition coefficient (Wildman–Crippen LogP) is 8.93. The van der Waals surface area contributed by atoms with Crippen LogP contribution in [0.4, 0.5) is 0 Å². The van der Waals surface area contributed by atoms with Gasteiger partial charge in [0.1, 0.15) is 0 Å². The van der Waals surface area contributed by atoms with Crippen LogP contribution in [0.1, 0.15) is 60.4 Å². The third-order valence-electron chi connectivity index (χ3n) is 6.55. The lowest BCUT2D eigenvalue weighted by Crippen LogP contribution is -2.10. The van der Waals surface area contributed by atoms with Crippen molar-refractivity contribution in [1.82, 2.24) is 4.57 Å². The first kappa shape index (κ1) is 23.5. The lowest BCUT2D eigenvalue weighted by molar-refractivity contribution is 0.401. The van der Waals surface area contributed by atoms with Gasteiger partial charge in [-0.3, -0.25) is 0 Å². The Hall–Kier alpha value is -3.24. The Labute approximate surface area is 216 Å².